The Bertz CT molecular complexity index is 224. The van der Waals surface area contributed by atoms with Crippen molar-refractivity contribution in [2.75, 3.05) is 13.1 Å². The zero-order valence-corrected chi connectivity index (χ0v) is 12.0. The van der Waals surface area contributed by atoms with Gasteiger partial charge in [-0.25, -0.2) is 0 Å². The quantitative estimate of drug-likeness (QED) is 0.687. The number of rotatable bonds is 5. The largest absolute Gasteiger partial charge is 0.402 e. The molecule has 0 aliphatic heterocycles. The Morgan fingerprint density at radius 3 is 2.12 bits per heavy atom. The van der Waals surface area contributed by atoms with E-state index in [-0.39, 0.29) is 6.54 Å². The van der Waals surface area contributed by atoms with Crippen molar-refractivity contribution in [2.45, 2.75) is 56.6 Å². The molecule has 1 unspecified atom stereocenters. The molecular formula is C12H21BrF3N. The highest BCUT2D eigenvalue weighted by molar-refractivity contribution is 9.09. The van der Waals surface area contributed by atoms with Gasteiger partial charge in [0, 0.05) is 19.1 Å². The monoisotopic (exact) mass is 315 g/mol. The molecule has 0 aromatic heterocycles. The molecule has 5 heteroatoms. The van der Waals surface area contributed by atoms with Crippen molar-refractivity contribution in [1.82, 2.24) is 4.90 Å². The molecule has 0 aromatic rings. The summed E-state index contributed by atoms with van der Waals surface area (Å²) < 4.78 is 37.7. The van der Waals surface area contributed by atoms with E-state index in [9.17, 15) is 13.2 Å². The van der Waals surface area contributed by atoms with Gasteiger partial charge in [0.05, 0.1) is 0 Å². The molecule has 1 fully saturated rings. The van der Waals surface area contributed by atoms with Gasteiger partial charge >= 0.3 is 6.18 Å². The molecule has 17 heavy (non-hydrogen) atoms. The second-order valence-corrected chi connectivity index (χ2v) is 6.40. The zero-order valence-electron chi connectivity index (χ0n) is 10.4. The van der Waals surface area contributed by atoms with Crippen LogP contribution in [-0.2, 0) is 0 Å². The van der Waals surface area contributed by atoms with Gasteiger partial charge in [0.15, 0.2) is 0 Å². The first kappa shape index (κ1) is 15.3. The van der Waals surface area contributed by atoms with Crippen LogP contribution in [0.1, 0.15) is 39.5 Å². The van der Waals surface area contributed by atoms with E-state index in [2.05, 4.69) is 29.8 Å². The van der Waals surface area contributed by atoms with E-state index in [0.717, 1.165) is 32.2 Å². The molecule has 1 atom stereocenters. The van der Waals surface area contributed by atoms with Crippen LogP contribution in [0.5, 0.6) is 0 Å². The van der Waals surface area contributed by atoms with Crippen molar-refractivity contribution < 1.29 is 13.2 Å². The number of alkyl halides is 4. The lowest BCUT2D eigenvalue weighted by Gasteiger charge is -2.32. The normalized spacial score (nSPS) is 20.5. The summed E-state index contributed by atoms with van der Waals surface area (Å²) in [6.45, 7) is 4.94. The first-order valence-corrected chi connectivity index (χ1v) is 7.17. The highest BCUT2D eigenvalue weighted by atomic mass is 79.9. The molecule has 1 rings (SSSR count). The molecule has 102 valence electrons. The number of halogens is 4. The number of hydrogen-bond acceptors (Lipinski definition) is 1. The summed E-state index contributed by atoms with van der Waals surface area (Å²) in [4.78, 5) is 0.610. The Kier molecular flexibility index (Phi) is 5.77. The number of nitrogens with zero attached hydrogens (tertiary/aromatic N) is 1. The molecule has 1 aliphatic carbocycles. The maximum atomic E-state index is 12.6. The Labute approximate surface area is 110 Å². The van der Waals surface area contributed by atoms with E-state index in [0.29, 0.717) is 12.0 Å². The minimum Gasteiger partial charge on any atom is -0.299 e. The van der Waals surface area contributed by atoms with Crippen LogP contribution in [0.2, 0.25) is 0 Å². The molecule has 0 spiro atoms. The van der Waals surface area contributed by atoms with E-state index in [1.54, 1.807) is 0 Å². The molecule has 0 saturated heterocycles. The van der Waals surface area contributed by atoms with Crippen LogP contribution >= 0.6 is 15.9 Å². The average molecular weight is 316 g/mol. The second-order valence-electron chi connectivity index (χ2n) is 5.30. The van der Waals surface area contributed by atoms with Crippen molar-refractivity contribution in [2.24, 2.45) is 5.92 Å². The van der Waals surface area contributed by atoms with Gasteiger partial charge in [-0.15, -0.1) is 0 Å². The van der Waals surface area contributed by atoms with Crippen LogP contribution in [0.4, 0.5) is 13.2 Å². The van der Waals surface area contributed by atoms with E-state index in [1.165, 1.54) is 0 Å². The van der Waals surface area contributed by atoms with Gasteiger partial charge in [-0.05, 0) is 18.8 Å². The van der Waals surface area contributed by atoms with Crippen molar-refractivity contribution in [3.63, 3.8) is 0 Å². The fourth-order valence-corrected chi connectivity index (χ4v) is 2.79. The zero-order chi connectivity index (χ0) is 13.1. The van der Waals surface area contributed by atoms with Crippen LogP contribution in [0.25, 0.3) is 0 Å². The maximum Gasteiger partial charge on any atom is 0.402 e. The summed E-state index contributed by atoms with van der Waals surface area (Å²) in [5.74, 6) is 0.406. The Morgan fingerprint density at radius 1 is 1.18 bits per heavy atom. The summed E-state index contributed by atoms with van der Waals surface area (Å²) in [6.07, 6.45) is 0.249. The molecule has 0 heterocycles. The molecule has 1 aliphatic rings. The van der Waals surface area contributed by atoms with Crippen molar-refractivity contribution in [3.8, 4) is 0 Å². The van der Waals surface area contributed by atoms with Crippen molar-refractivity contribution in [1.29, 1.82) is 0 Å². The fraction of sp³-hybridized carbons (Fsp3) is 1.00. The van der Waals surface area contributed by atoms with Crippen LogP contribution in [0, 0.1) is 5.92 Å². The van der Waals surface area contributed by atoms with Crippen molar-refractivity contribution in [3.05, 3.63) is 0 Å². The summed E-state index contributed by atoms with van der Waals surface area (Å²) in [5.41, 5.74) is 0. The molecule has 0 aromatic carbocycles. The SMILES string of the molecule is CC(C)CN(CC(Br)C(F)(F)F)C1CCCC1. The second kappa shape index (κ2) is 6.41. The van der Waals surface area contributed by atoms with E-state index in [4.69, 9.17) is 0 Å². The highest BCUT2D eigenvalue weighted by Crippen LogP contribution is 2.30. The first-order valence-electron chi connectivity index (χ1n) is 6.25. The lowest BCUT2D eigenvalue weighted by molar-refractivity contribution is -0.131. The number of hydrogen-bond donors (Lipinski definition) is 0. The Morgan fingerprint density at radius 2 is 1.71 bits per heavy atom. The lowest BCUT2D eigenvalue weighted by Crippen LogP contribution is -2.43. The molecule has 0 radical (unpaired) electrons. The average Bonchev–Trinajstić information content (AvgIpc) is 2.66. The minimum atomic E-state index is -4.15. The third-order valence-corrected chi connectivity index (χ3v) is 4.00. The first-order chi connectivity index (χ1) is 7.80. The topological polar surface area (TPSA) is 3.24 Å². The van der Waals surface area contributed by atoms with Gasteiger partial charge in [0.1, 0.15) is 4.83 Å². The predicted molar refractivity (Wildman–Crippen MR) is 67.4 cm³/mol. The van der Waals surface area contributed by atoms with Gasteiger partial charge in [-0.1, -0.05) is 42.6 Å². The van der Waals surface area contributed by atoms with Crippen LogP contribution in [-0.4, -0.2) is 35.0 Å². The molecule has 0 bridgehead atoms. The summed E-state index contributed by atoms with van der Waals surface area (Å²) in [5, 5.41) is 0. The minimum absolute atomic E-state index is 0.0757. The van der Waals surface area contributed by atoms with Crippen LogP contribution in [0.15, 0.2) is 0 Å². The van der Waals surface area contributed by atoms with Gasteiger partial charge in [0.2, 0.25) is 0 Å². The summed E-state index contributed by atoms with van der Waals surface area (Å²) in [6, 6.07) is 0.347. The van der Waals surface area contributed by atoms with E-state index < -0.39 is 11.0 Å². The molecule has 1 saturated carbocycles. The Balaban J connectivity index is 2.56. The van der Waals surface area contributed by atoms with E-state index in [1.807, 2.05) is 4.90 Å². The fourth-order valence-electron chi connectivity index (χ4n) is 2.42. The molecule has 1 nitrogen and oxygen atoms in total. The summed E-state index contributed by atoms with van der Waals surface area (Å²) in [7, 11) is 0. The molecular weight excluding hydrogens is 295 g/mol. The van der Waals surface area contributed by atoms with Gasteiger partial charge in [-0.2, -0.15) is 13.2 Å². The van der Waals surface area contributed by atoms with Gasteiger partial charge in [0.25, 0.3) is 0 Å². The van der Waals surface area contributed by atoms with Gasteiger partial charge < -0.3 is 0 Å². The standard InChI is InChI=1S/C12H21BrF3N/c1-9(2)7-17(10-5-3-4-6-10)8-11(13)12(14,15)16/h9-11H,3-8H2,1-2H3. The lowest BCUT2D eigenvalue weighted by atomic mass is 10.1. The van der Waals surface area contributed by atoms with Crippen molar-refractivity contribution >= 4 is 15.9 Å². The summed E-state index contributed by atoms with van der Waals surface area (Å²) >= 11 is 2.77. The van der Waals surface area contributed by atoms with E-state index >= 15 is 0 Å². The third-order valence-electron chi connectivity index (χ3n) is 3.19. The highest BCUT2D eigenvalue weighted by Gasteiger charge is 2.39. The van der Waals surface area contributed by atoms with Gasteiger partial charge in [-0.3, -0.25) is 4.90 Å². The maximum absolute atomic E-state index is 12.6. The molecule has 0 amide bonds. The Hall–Kier alpha value is 0.230. The van der Waals surface area contributed by atoms with Crippen LogP contribution in [0.3, 0.4) is 0 Å². The third kappa shape index (κ3) is 5.16. The molecule has 0 N–H and O–H groups in total. The predicted octanol–water partition coefficient (Wildman–Crippen LogP) is 4.21. The smallest absolute Gasteiger partial charge is 0.299 e. The van der Waals surface area contributed by atoms with Crippen LogP contribution < -0.4 is 0 Å².